The quantitative estimate of drug-likeness (QED) is 0.913. The molecule has 0 radical (unpaired) electrons. The molecule has 0 aliphatic rings. The number of nitrogens with one attached hydrogen (secondary N) is 1. The fourth-order valence-electron chi connectivity index (χ4n) is 1.25. The van der Waals surface area contributed by atoms with Gasteiger partial charge in [0.15, 0.2) is 6.61 Å². The third-order valence-electron chi connectivity index (χ3n) is 1.83. The van der Waals surface area contributed by atoms with E-state index in [1.54, 1.807) is 7.05 Å². The Balaban J connectivity index is 2.95. The fourth-order valence-corrected chi connectivity index (χ4v) is 1.84. The Hall–Kier alpha value is -0.650. The molecule has 0 fully saturated rings. The van der Waals surface area contributed by atoms with Crippen LogP contribution >= 0.6 is 23.2 Å². The Morgan fingerprint density at radius 3 is 2.47 bits per heavy atom. The van der Waals surface area contributed by atoms with Gasteiger partial charge >= 0.3 is 6.18 Å². The number of ether oxygens (including phenoxy) is 1. The molecule has 0 spiro atoms. The summed E-state index contributed by atoms with van der Waals surface area (Å²) in [6, 6.07) is 2.85. The molecule has 0 bridgehead atoms. The maximum absolute atomic E-state index is 12.1. The highest BCUT2D eigenvalue weighted by molar-refractivity contribution is 6.35. The average molecular weight is 288 g/mol. The van der Waals surface area contributed by atoms with Gasteiger partial charge in [-0.1, -0.05) is 23.2 Å². The van der Waals surface area contributed by atoms with Crippen molar-refractivity contribution in [3.05, 3.63) is 27.7 Å². The molecular formula is C10H10Cl2F3NO. The molecule has 0 aliphatic carbocycles. The van der Waals surface area contributed by atoms with Crippen LogP contribution < -0.4 is 10.1 Å². The molecule has 0 unspecified atom stereocenters. The lowest BCUT2D eigenvalue weighted by Gasteiger charge is -2.15. The Kier molecular flexibility index (Phi) is 4.91. The number of rotatable bonds is 4. The van der Waals surface area contributed by atoms with Crippen LogP contribution in [0.2, 0.25) is 10.0 Å². The lowest BCUT2D eigenvalue weighted by Crippen LogP contribution is -2.20. The van der Waals surface area contributed by atoms with Gasteiger partial charge in [0, 0.05) is 17.1 Å². The van der Waals surface area contributed by atoms with Gasteiger partial charge in [0.25, 0.3) is 0 Å². The molecule has 1 aromatic carbocycles. The van der Waals surface area contributed by atoms with E-state index in [0.717, 1.165) is 0 Å². The van der Waals surface area contributed by atoms with E-state index in [0.29, 0.717) is 17.1 Å². The maximum Gasteiger partial charge on any atom is 0.422 e. The molecule has 1 aromatic rings. The van der Waals surface area contributed by atoms with Gasteiger partial charge in [0.2, 0.25) is 0 Å². The topological polar surface area (TPSA) is 21.3 Å². The van der Waals surface area contributed by atoms with Crippen molar-refractivity contribution in [1.29, 1.82) is 0 Å². The van der Waals surface area contributed by atoms with Gasteiger partial charge in [-0.3, -0.25) is 0 Å². The van der Waals surface area contributed by atoms with Crippen molar-refractivity contribution in [3.63, 3.8) is 0 Å². The van der Waals surface area contributed by atoms with Gasteiger partial charge in [-0.2, -0.15) is 13.2 Å². The predicted molar refractivity (Wildman–Crippen MR) is 60.8 cm³/mol. The normalized spacial score (nSPS) is 11.6. The second-order valence-electron chi connectivity index (χ2n) is 3.31. The number of benzene rings is 1. The van der Waals surface area contributed by atoms with E-state index in [4.69, 9.17) is 23.2 Å². The van der Waals surface area contributed by atoms with Gasteiger partial charge < -0.3 is 10.1 Å². The molecule has 1 rings (SSSR count). The van der Waals surface area contributed by atoms with E-state index in [2.05, 4.69) is 10.1 Å². The first kappa shape index (κ1) is 14.4. The molecule has 0 saturated heterocycles. The Morgan fingerprint density at radius 1 is 1.29 bits per heavy atom. The number of halogens is 5. The Morgan fingerprint density at radius 2 is 1.94 bits per heavy atom. The SMILES string of the molecule is CNCc1cc(Cl)cc(Cl)c1OCC(F)(F)F. The van der Waals surface area contributed by atoms with Crippen molar-refractivity contribution in [1.82, 2.24) is 5.32 Å². The van der Waals surface area contributed by atoms with Crippen molar-refractivity contribution >= 4 is 23.2 Å². The first-order valence-corrected chi connectivity index (χ1v) is 5.41. The predicted octanol–water partition coefficient (Wildman–Crippen LogP) is 3.65. The van der Waals surface area contributed by atoms with E-state index in [1.807, 2.05) is 0 Å². The van der Waals surface area contributed by atoms with Gasteiger partial charge in [0.1, 0.15) is 5.75 Å². The molecule has 17 heavy (non-hydrogen) atoms. The summed E-state index contributed by atoms with van der Waals surface area (Å²) in [5.74, 6) is 0.00254. The second-order valence-corrected chi connectivity index (χ2v) is 4.15. The van der Waals surface area contributed by atoms with Crippen LogP contribution in [0.5, 0.6) is 5.75 Å². The van der Waals surface area contributed by atoms with Crippen LogP contribution in [0.4, 0.5) is 13.2 Å². The van der Waals surface area contributed by atoms with E-state index in [1.165, 1.54) is 12.1 Å². The molecule has 0 saturated carbocycles. The highest BCUT2D eigenvalue weighted by Crippen LogP contribution is 2.33. The summed E-state index contributed by atoms with van der Waals surface area (Å²) in [6.07, 6.45) is -4.40. The van der Waals surface area contributed by atoms with Crippen LogP contribution in [-0.2, 0) is 6.54 Å². The van der Waals surface area contributed by atoms with E-state index >= 15 is 0 Å². The monoisotopic (exact) mass is 287 g/mol. The zero-order chi connectivity index (χ0) is 13.1. The van der Waals surface area contributed by atoms with Crippen molar-refractivity contribution in [2.45, 2.75) is 12.7 Å². The third kappa shape index (κ3) is 4.61. The molecule has 0 amide bonds. The van der Waals surface area contributed by atoms with Crippen LogP contribution in [0.1, 0.15) is 5.56 Å². The summed E-state index contributed by atoms with van der Waals surface area (Å²) >= 11 is 11.6. The molecule has 0 aliphatic heterocycles. The fraction of sp³-hybridized carbons (Fsp3) is 0.400. The number of hydrogen-bond acceptors (Lipinski definition) is 2. The summed E-state index contributed by atoms with van der Waals surface area (Å²) in [4.78, 5) is 0. The minimum Gasteiger partial charge on any atom is -0.482 e. The molecule has 0 atom stereocenters. The van der Waals surface area contributed by atoms with E-state index < -0.39 is 12.8 Å². The summed E-state index contributed by atoms with van der Waals surface area (Å²) in [5, 5.41) is 3.21. The van der Waals surface area contributed by atoms with Crippen LogP contribution in [0, 0.1) is 0 Å². The zero-order valence-electron chi connectivity index (χ0n) is 8.87. The average Bonchev–Trinajstić information content (AvgIpc) is 2.14. The molecule has 0 aromatic heterocycles. The number of alkyl halides is 3. The Bertz CT molecular complexity index is 396. The van der Waals surface area contributed by atoms with E-state index in [-0.39, 0.29) is 10.8 Å². The van der Waals surface area contributed by atoms with E-state index in [9.17, 15) is 13.2 Å². The van der Waals surface area contributed by atoms with Gasteiger partial charge in [-0.15, -0.1) is 0 Å². The van der Waals surface area contributed by atoms with Crippen LogP contribution in [0.3, 0.4) is 0 Å². The molecule has 0 heterocycles. The van der Waals surface area contributed by atoms with Gasteiger partial charge in [0.05, 0.1) is 5.02 Å². The zero-order valence-corrected chi connectivity index (χ0v) is 10.4. The second kappa shape index (κ2) is 5.80. The van der Waals surface area contributed by atoms with Crippen LogP contribution in [0.25, 0.3) is 0 Å². The minimum atomic E-state index is -4.40. The van der Waals surface area contributed by atoms with Crippen molar-refractivity contribution < 1.29 is 17.9 Å². The van der Waals surface area contributed by atoms with Crippen LogP contribution in [-0.4, -0.2) is 19.8 Å². The van der Waals surface area contributed by atoms with Gasteiger partial charge in [-0.05, 0) is 19.2 Å². The highest BCUT2D eigenvalue weighted by atomic mass is 35.5. The molecule has 96 valence electrons. The van der Waals surface area contributed by atoms with Crippen molar-refractivity contribution in [2.75, 3.05) is 13.7 Å². The smallest absolute Gasteiger partial charge is 0.422 e. The summed E-state index contributed by atoms with van der Waals surface area (Å²) in [6.45, 7) is -1.07. The lowest BCUT2D eigenvalue weighted by molar-refractivity contribution is -0.153. The summed E-state index contributed by atoms with van der Waals surface area (Å²) in [5.41, 5.74) is 0.481. The van der Waals surface area contributed by atoms with Crippen molar-refractivity contribution in [2.24, 2.45) is 0 Å². The molecular weight excluding hydrogens is 278 g/mol. The highest BCUT2D eigenvalue weighted by Gasteiger charge is 2.29. The molecule has 7 heteroatoms. The first-order valence-electron chi connectivity index (χ1n) is 4.65. The minimum absolute atomic E-state index is 0.00254. The van der Waals surface area contributed by atoms with Crippen molar-refractivity contribution in [3.8, 4) is 5.75 Å². The van der Waals surface area contributed by atoms with Crippen LogP contribution in [0.15, 0.2) is 12.1 Å². The summed E-state index contributed by atoms with van der Waals surface area (Å²) < 4.78 is 40.9. The van der Waals surface area contributed by atoms with Gasteiger partial charge in [-0.25, -0.2) is 0 Å². The standard InChI is InChI=1S/C10H10Cl2F3NO/c1-16-4-6-2-7(11)3-8(12)9(6)17-5-10(13,14)15/h2-3,16H,4-5H2,1H3. The first-order chi connectivity index (χ1) is 7.83. The summed E-state index contributed by atoms with van der Waals surface area (Å²) in [7, 11) is 1.66. The largest absolute Gasteiger partial charge is 0.482 e. The maximum atomic E-state index is 12.1. The number of hydrogen-bond donors (Lipinski definition) is 1. The third-order valence-corrected chi connectivity index (χ3v) is 2.33. The lowest BCUT2D eigenvalue weighted by atomic mass is 10.2. The molecule has 1 N–H and O–H groups in total. The molecule has 2 nitrogen and oxygen atoms in total. The Labute approximate surface area is 107 Å².